The summed E-state index contributed by atoms with van der Waals surface area (Å²) in [7, 11) is 2.08. The summed E-state index contributed by atoms with van der Waals surface area (Å²) >= 11 is 0. The monoisotopic (exact) mass is 528 g/mol. The first kappa shape index (κ1) is 34.8. The molecule has 0 saturated carbocycles. The van der Waals surface area contributed by atoms with Gasteiger partial charge in [-0.3, -0.25) is 0 Å². The van der Waals surface area contributed by atoms with Crippen molar-refractivity contribution < 1.29 is 15.3 Å². The lowest BCUT2D eigenvalue weighted by Gasteiger charge is -2.41. The van der Waals surface area contributed by atoms with E-state index in [2.05, 4.69) is 91.4 Å². The van der Waals surface area contributed by atoms with E-state index in [1.54, 1.807) is 0 Å². The second kappa shape index (κ2) is 14.9. The summed E-state index contributed by atoms with van der Waals surface area (Å²) in [5.74, 6) is 2.43. The van der Waals surface area contributed by atoms with Crippen molar-refractivity contribution in [3.8, 4) is 0 Å². The Hall–Kier alpha value is -0.240. The van der Waals surface area contributed by atoms with Crippen LogP contribution in [-0.2, 0) is 0 Å². The summed E-state index contributed by atoms with van der Waals surface area (Å²) in [4.78, 5) is 4.58. The number of aliphatic hydroxyl groups excluding tert-OH is 3. The number of likely N-dealkylation sites (N-methyl/N-ethyl adjacent to an activating group) is 2. The molecule has 0 aromatic rings. The lowest BCUT2D eigenvalue weighted by Crippen LogP contribution is -2.46. The van der Waals surface area contributed by atoms with Crippen molar-refractivity contribution in [2.24, 2.45) is 39.9 Å². The van der Waals surface area contributed by atoms with Crippen LogP contribution in [0.25, 0.3) is 0 Å². The van der Waals surface area contributed by atoms with Crippen molar-refractivity contribution in [2.75, 3.05) is 59.5 Å². The third kappa shape index (κ3) is 13.6. The van der Waals surface area contributed by atoms with Crippen molar-refractivity contribution in [1.29, 1.82) is 0 Å². The van der Waals surface area contributed by atoms with Crippen molar-refractivity contribution in [3.63, 3.8) is 0 Å². The van der Waals surface area contributed by atoms with Gasteiger partial charge in [-0.15, -0.1) is 0 Å². The SMILES string of the molecule is CC(C)(C)C[C@@H]1CNC[C@H]1CO.CCN1C[C@H](O)C[C@@H](C(C)(C)C)C1.CN1C[C@H](O)C[C@@H](C(C)(C)C)C1. The summed E-state index contributed by atoms with van der Waals surface area (Å²) in [6.45, 7) is 30.0. The number of rotatable bonds is 3. The van der Waals surface area contributed by atoms with Gasteiger partial charge < -0.3 is 30.4 Å². The number of piperidine rings is 2. The number of hydrogen-bond acceptors (Lipinski definition) is 6. The van der Waals surface area contributed by atoms with Crippen molar-refractivity contribution in [3.05, 3.63) is 0 Å². The average molecular weight is 528 g/mol. The van der Waals surface area contributed by atoms with Gasteiger partial charge in [-0.05, 0) is 79.3 Å². The molecule has 3 rings (SSSR count). The molecule has 37 heavy (non-hydrogen) atoms. The summed E-state index contributed by atoms with van der Waals surface area (Å²) < 4.78 is 0. The van der Waals surface area contributed by atoms with Crippen LogP contribution >= 0.6 is 0 Å². The lowest BCUT2D eigenvalue weighted by molar-refractivity contribution is 0.00681. The molecular weight excluding hydrogens is 462 g/mol. The Bertz CT molecular complexity index is 613. The molecule has 0 bridgehead atoms. The highest BCUT2D eigenvalue weighted by Gasteiger charge is 2.33. The van der Waals surface area contributed by atoms with Gasteiger partial charge in [0.05, 0.1) is 12.2 Å². The van der Waals surface area contributed by atoms with Gasteiger partial charge in [0.1, 0.15) is 0 Å². The van der Waals surface area contributed by atoms with Crippen LogP contribution in [0, 0.1) is 39.9 Å². The largest absolute Gasteiger partial charge is 0.396 e. The molecule has 6 atom stereocenters. The fourth-order valence-electron chi connectivity index (χ4n) is 5.99. The maximum Gasteiger partial charge on any atom is 0.0670 e. The van der Waals surface area contributed by atoms with Crippen LogP contribution < -0.4 is 5.32 Å². The van der Waals surface area contributed by atoms with Gasteiger partial charge in [0.15, 0.2) is 0 Å². The number of nitrogens with zero attached hydrogens (tertiary/aromatic N) is 2. The van der Waals surface area contributed by atoms with Crippen molar-refractivity contribution >= 4 is 0 Å². The Morgan fingerprint density at radius 2 is 1.22 bits per heavy atom. The minimum Gasteiger partial charge on any atom is -0.396 e. The molecule has 222 valence electrons. The van der Waals surface area contributed by atoms with Crippen LogP contribution in [0.1, 0.15) is 88.5 Å². The molecule has 0 spiro atoms. The average Bonchev–Trinajstić information content (AvgIpc) is 3.17. The first-order valence-electron chi connectivity index (χ1n) is 14.9. The molecule has 0 aliphatic carbocycles. The molecule has 6 nitrogen and oxygen atoms in total. The van der Waals surface area contributed by atoms with Crippen LogP contribution in [0.4, 0.5) is 0 Å². The summed E-state index contributed by atoms with van der Waals surface area (Å²) in [6, 6.07) is 0. The predicted octanol–water partition coefficient (Wildman–Crippen LogP) is 4.33. The Morgan fingerprint density at radius 1 is 0.730 bits per heavy atom. The Labute approximate surface area is 230 Å². The minimum absolute atomic E-state index is 0.113. The molecule has 0 aromatic heterocycles. The molecule has 0 radical (unpaired) electrons. The Balaban J connectivity index is 0.000000278. The van der Waals surface area contributed by atoms with Crippen molar-refractivity contribution in [1.82, 2.24) is 15.1 Å². The quantitative estimate of drug-likeness (QED) is 0.438. The molecule has 3 fully saturated rings. The zero-order chi connectivity index (χ0) is 28.6. The summed E-state index contributed by atoms with van der Waals surface area (Å²) in [5.41, 5.74) is 1.05. The molecule has 3 saturated heterocycles. The summed E-state index contributed by atoms with van der Waals surface area (Å²) in [5, 5.41) is 31.7. The van der Waals surface area contributed by atoms with Gasteiger partial charge in [0, 0.05) is 39.3 Å². The van der Waals surface area contributed by atoms with Crippen LogP contribution in [0.5, 0.6) is 0 Å². The fourth-order valence-corrected chi connectivity index (χ4v) is 5.99. The van der Waals surface area contributed by atoms with E-state index in [0.717, 1.165) is 58.7 Å². The molecule has 3 aliphatic heterocycles. The highest BCUT2D eigenvalue weighted by molar-refractivity contribution is 4.86. The van der Waals surface area contributed by atoms with Gasteiger partial charge in [-0.25, -0.2) is 0 Å². The van der Waals surface area contributed by atoms with Crippen LogP contribution in [0.15, 0.2) is 0 Å². The van der Waals surface area contributed by atoms with Gasteiger partial charge in [0.25, 0.3) is 0 Å². The molecule has 6 heteroatoms. The van der Waals surface area contributed by atoms with Crippen molar-refractivity contribution in [2.45, 2.75) is 101 Å². The van der Waals surface area contributed by atoms with Gasteiger partial charge >= 0.3 is 0 Å². The Morgan fingerprint density at radius 3 is 1.65 bits per heavy atom. The standard InChI is InChI=1S/C11H23NO.2C10H21NO/c1-5-12-7-9(11(2,3)4)6-10(13)8-12;1-10(2,3)8-5-9(12)7-11(4)6-8;1-10(2,3)4-8-5-11-6-9(8)7-12/h9-10,13H,5-8H2,1-4H3;8-9,12H,5-7H2,1-4H3;8-9,11-12H,4-7H2,1-3H3/t9-,10-;8-,9-;8-,9+/m111/s1. The first-order chi connectivity index (χ1) is 16.9. The third-order valence-electron chi connectivity index (χ3n) is 8.60. The molecule has 0 aromatic carbocycles. The van der Waals surface area contributed by atoms with E-state index in [-0.39, 0.29) is 12.2 Å². The van der Waals surface area contributed by atoms with Gasteiger partial charge in [-0.2, -0.15) is 0 Å². The van der Waals surface area contributed by atoms with E-state index in [9.17, 15) is 10.2 Å². The van der Waals surface area contributed by atoms with E-state index in [4.69, 9.17) is 5.11 Å². The van der Waals surface area contributed by atoms with Crippen LogP contribution in [0.2, 0.25) is 0 Å². The van der Waals surface area contributed by atoms with E-state index in [0.29, 0.717) is 46.5 Å². The number of nitrogens with one attached hydrogen (secondary N) is 1. The molecule has 3 aliphatic rings. The highest BCUT2D eigenvalue weighted by atomic mass is 16.3. The number of β-amino-alcohol motifs (C(OH)–C–C–N with tert-alkyl or cyclic N) is 2. The van der Waals surface area contributed by atoms with Gasteiger partial charge in [-0.1, -0.05) is 69.2 Å². The molecule has 0 unspecified atom stereocenters. The molecule has 0 amide bonds. The van der Waals surface area contributed by atoms with E-state index < -0.39 is 0 Å². The van der Waals surface area contributed by atoms with E-state index >= 15 is 0 Å². The molecular formula is C31H65N3O3. The maximum atomic E-state index is 9.70. The zero-order valence-corrected chi connectivity index (χ0v) is 26.5. The number of likely N-dealkylation sites (tertiary alicyclic amines) is 2. The van der Waals surface area contributed by atoms with Crippen LogP contribution in [0.3, 0.4) is 0 Å². The zero-order valence-electron chi connectivity index (χ0n) is 26.5. The van der Waals surface area contributed by atoms with Crippen LogP contribution in [-0.4, -0.2) is 96.8 Å². The van der Waals surface area contributed by atoms with Gasteiger partial charge in [0.2, 0.25) is 0 Å². The third-order valence-corrected chi connectivity index (χ3v) is 8.60. The number of hydrogen-bond donors (Lipinski definition) is 4. The molecule has 4 N–H and O–H groups in total. The van der Waals surface area contributed by atoms with E-state index in [1.807, 2.05) is 0 Å². The summed E-state index contributed by atoms with van der Waals surface area (Å²) in [6.07, 6.45) is 2.92. The lowest BCUT2D eigenvalue weighted by atomic mass is 9.75. The Kier molecular flexibility index (Phi) is 14.1. The topological polar surface area (TPSA) is 79.2 Å². The predicted molar refractivity (Wildman–Crippen MR) is 158 cm³/mol. The second-order valence-corrected chi connectivity index (χ2v) is 15.6. The second-order valence-electron chi connectivity index (χ2n) is 15.6. The van der Waals surface area contributed by atoms with E-state index in [1.165, 1.54) is 6.42 Å². The molecule has 3 heterocycles. The maximum absolute atomic E-state index is 9.70. The smallest absolute Gasteiger partial charge is 0.0670 e. The highest BCUT2D eigenvalue weighted by Crippen LogP contribution is 2.34. The minimum atomic E-state index is -0.118. The first-order valence-corrected chi connectivity index (χ1v) is 14.9. The number of aliphatic hydroxyl groups is 3. The normalized spacial score (nSPS) is 32.3. The fraction of sp³-hybridized carbons (Fsp3) is 1.00.